The van der Waals surface area contributed by atoms with Crippen LogP contribution >= 0.6 is 0 Å². The molecule has 0 spiro atoms. The summed E-state index contributed by atoms with van der Waals surface area (Å²) in [5, 5.41) is 5.99. The number of hydrogen-bond acceptors (Lipinski definition) is 3. The van der Waals surface area contributed by atoms with E-state index in [2.05, 4.69) is 46.7 Å². The van der Waals surface area contributed by atoms with Crippen LogP contribution in [0, 0.1) is 6.92 Å². The number of carbonyl (C=O) groups excluding carboxylic acids is 1. The Balaban J connectivity index is 1.56. The second-order valence-corrected chi connectivity index (χ2v) is 7.08. The lowest BCUT2D eigenvalue weighted by atomic mass is 10.1. The number of hydrogen-bond donors (Lipinski definition) is 2. The minimum atomic E-state index is -0.131. The van der Waals surface area contributed by atoms with Crippen molar-refractivity contribution in [1.29, 1.82) is 0 Å². The maximum atomic E-state index is 12.3. The summed E-state index contributed by atoms with van der Waals surface area (Å²) in [4.78, 5) is 14.7. The van der Waals surface area contributed by atoms with Gasteiger partial charge < -0.3 is 15.4 Å². The summed E-state index contributed by atoms with van der Waals surface area (Å²) in [6.07, 6.45) is 2.43. The minimum absolute atomic E-state index is 0.131. The quantitative estimate of drug-likeness (QED) is 0.786. The molecule has 0 aromatic heterocycles. The molecule has 144 valence electrons. The van der Waals surface area contributed by atoms with E-state index in [1.54, 1.807) is 7.11 Å². The first-order chi connectivity index (χ1) is 13.2. The van der Waals surface area contributed by atoms with Gasteiger partial charge in [-0.25, -0.2) is 4.79 Å². The van der Waals surface area contributed by atoms with E-state index >= 15 is 0 Å². The lowest BCUT2D eigenvalue weighted by Crippen LogP contribution is -2.41. The van der Waals surface area contributed by atoms with Gasteiger partial charge in [-0.2, -0.15) is 0 Å². The molecule has 1 atom stereocenters. The predicted molar refractivity (Wildman–Crippen MR) is 108 cm³/mol. The number of carbonyl (C=O) groups is 1. The smallest absolute Gasteiger partial charge is 0.315 e. The molecule has 1 aliphatic rings. The van der Waals surface area contributed by atoms with Crippen LogP contribution in [0.4, 0.5) is 4.79 Å². The summed E-state index contributed by atoms with van der Waals surface area (Å²) in [6.45, 7) is 5.32. The number of aryl methyl sites for hydroxylation is 1. The number of benzene rings is 2. The van der Waals surface area contributed by atoms with Crippen molar-refractivity contribution in [2.45, 2.75) is 32.4 Å². The molecule has 2 N–H and O–H groups in total. The van der Waals surface area contributed by atoms with Crippen LogP contribution in [0.5, 0.6) is 5.75 Å². The van der Waals surface area contributed by atoms with Crippen molar-refractivity contribution >= 4 is 6.03 Å². The lowest BCUT2D eigenvalue weighted by Gasteiger charge is -2.28. The number of amides is 2. The van der Waals surface area contributed by atoms with Crippen LogP contribution in [0.1, 0.15) is 35.6 Å². The molecule has 0 radical (unpaired) electrons. The minimum Gasteiger partial charge on any atom is -0.497 e. The molecule has 2 aromatic rings. The average molecular weight is 367 g/mol. The number of ether oxygens (including phenoxy) is 1. The van der Waals surface area contributed by atoms with E-state index in [1.807, 2.05) is 24.3 Å². The summed E-state index contributed by atoms with van der Waals surface area (Å²) in [5.74, 6) is 0.850. The Hall–Kier alpha value is -2.53. The van der Waals surface area contributed by atoms with Crippen molar-refractivity contribution in [2.24, 2.45) is 0 Å². The predicted octanol–water partition coefficient (Wildman–Crippen LogP) is 3.64. The van der Waals surface area contributed by atoms with Gasteiger partial charge in [-0.1, -0.05) is 42.0 Å². The molecule has 1 heterocycles. The van der Waals surface area contributed by atoms with E-state index in [1.165, 1.54) is 24.0 Å². The molecule has 5 nitrogen and oxygen atoms in total. The molecular weight excluding hydrogens is 338 g/mol. The first kappa shape index (κ1) is 19.2. The molecular formula is C22H29N3O2. The Morgan fingerprint density at radius 2 is 1.70 bits per heavy atom. The van der Waals surface area contributed by atoms with E-state index in [4.69, 9.17) is 4.74 Å². The molecule has 2 aromatic carbocycles. The van der Waals surface area contributed by atoms with E-state index in [0.717, 1.165) is 24.4 Å². The highest BCUT2D eigenvalue weighted by atomic mass is 16.5. The van der Waals surface area contributed by atoms with Gasteiger partial charge in [-0.05, 0) is 56.1 Å². The number of urea groups is 1. The first-order valence-corrected chi connectivity index (χ1v) is 9.61. The van der Waals surface area contributed by atoms with Gasteiger partial charge in [0.25, 0.3) is 0 Å². The van der Waals surface area contributed by atoms with Crippen LogP contribution in [0.3, 0.4) is 0 Å². The van der Waals surface area contributed by atoms with Crippen molar-refractivity contribution in [1.82, 2.24) is 15.5 Å². The molecule has 2 amide bonds. The molecule has 0 saturated carbocycles. The number of nitrogens with one attached hydrogen (secondary N) is 2. The van der Waals surface area contributed by atoms with Gasteiger partial charge in [0.2, 0.25) is 0 Å². The molecule has 1 saturated heterocycles. The third-order valence-corrected chi connectivity index (χ3v) is 5.11. The van der Waals surface area contributed by atoms with Crippen LogP contribution in [-0.4, -0.2) is 37.7 Å². The molecule has 5 heteroatoms. The molecule has 0 unspecified atom stereocenters. The lowest BCUT2D eigenvalue weighted by molar-refractivity contribution is 0.220. The Morgan fingerprint density at radius 1 is 1.04 bits per heavy atom. The highest BCUT2D eigenvalue weighted by Crippen LogP contribution is 2.26. The van der Waals surface area contributed by atoms with Crippen molar-refractivity contribution in [3.8, 4) is 5.75 Å². The second kappa shape index (κ2) is 9.42. The Bertz CT molecular complexity index is 722. The summed E-state index contributed by atoms with van der Waals surface area (Å²) in [5.41, 5.74) is 3.52. The van der Waals surface area contributed by atoms with Crippen molar-refractivity contribution in [2.75, 3.05) is 26.7 Å². The van der Waals surface area contributed by atoms with Crippen LogP contribution in [0.15, 0.2) is 48.5 Å². The molecule has 3 rings (SSSR count). The summed E-state index contributed by atoms with van der Waals surface area (Å²) >= 11 is 0. The highest BCUT2D eigenvalue weighted by molar-refractivity contribution is 5.73. The van der Waals surface area contributed by atoms with Crippen molar-refractivity contribution in [3.63, 3.8) is 0 Å². The zero-order valence-corrected chi connectivity index (χ0v) is 16.2. The average Bonchev–Trinajstić information content (AvgIpc) is 3.23. The van der Waals surface area contributed by atoms with Crippen molar-refractivity contribution in [3.05, 3.63) is 65.2 Å². The van der Waals surface area contributed by atoms with Gasteiger partial charge in [0, 0.05) is 13.1 Å². The van der Waals surface area contributed by atoms with Gasteiger partial charge in [-0.15, -0.1) is 0 Å². The monoisotopic (exact) mass is 367 g/mol. The third-order valence-electron chi connectivity index (χ3n) is 5.11. The maximum absolute atomic E-state index is 12.3. The van der Waals surface area contributed by atoms with Gasteiger partial charge in [0.15, 0.2) is 0 Å². The molecule has 1 aliphatic heterocycles. The Kier molecular flexibility index (Phi) is 6.71. The van der Waals surface area contributed by atoms with Gasteiger partial charge in [0.1, 0.15) is 5.75 Å². The Morgan fingerprint density at radius 3 is 2.33 bits per heavy atom. The van der Waals surface area contributed by atoms with E-state index in [-0.39, 0.29) is 12.1 Å². The summed E-state index contributed by atoms with van der Waals surface area (Å²) in [7, 11) is 1.67. The highest BCUT2D eigenvalue weighted by Gasteiger charge is 2.24. The van der Waals surface area contributed by atoms with Gasteiger partial charge in [-0.3, -0.25) is 4.90 Å². The fourth-order valence-corrected chi connectivity index (χ4v) is 3.48. The molecule has 0 aliphatic carbocycles. The van der Waals surface area contributed by atoms with Gasteiger partial charge >= 0.3 is 6.03 Å². The maximum Gasteiger partial charge on any atom is 0.315 e. The first-order valence-electron chi connectivity index (χ1n) is 9.61. The zero-order chi connectivity index (χ0) is 19.1. The molecule has 1 fully saturated rings. The number of likely N-dealkylation sites (tertiary alicyclic amines) is 1. The van der Waals surface area contributed by atoms with Crippen LogP contribution in [0.2, 0.25) is 0 Å². The van der Waals surface area contributed by atoms with Crippen molar-refractivity contribution < 1.29 is 9.53 Å². The fraction of sp³-hybridized carbons (Fsp3) is 0.409. The fourth-order valence-electron chi connectivity index (χ4n) is 3.48. The van der Waals surface area contributed by atoms with E-state index in [9.17, 15) is 4.79 Å². The zero-order valence-electron chi connectivity index (χ0n) is 16.2. The van der Waals surface area contributed by atoms with E-state index in [0.29, 0.717) is 13.1 Å². The molecule has 27 heavy (non-hydrogen) atoms. The SMILES string of the molecule is COc1ccc([C@H](CNC(=O)NCc2ccc(C)cc2)N2CCCC2)cc1. The number of nitrogens with zero attached hydrogens (tertiary/aromatic N) is 1. The van der Waals surface area contributed by atoms with E-state index < -0.39 is 0 Å². The standard InChI is InChI=1S/C22H29N3O2/c1-17-5-7-18(8-6-17)15-23-22(26)24-16-21(25-13-3-4-14-25)19-9-11-20(27-2)12-10-19/h5-12,21H,3-4,13-16H2,1-2H3,(H2,23,24,26)/t21-/m0/s1. The summed E-state index contributed by atoms with van der Waals surface area (Å²) < 4.78 is 5.26. The normalized spacial score (nSPS) is 15.3. The molecule has 0 bridgehead atoms. The van der Waals surface area contributed by atoms with Crippen LogP contribution in [-0.2, 0) is 6.54 Å². The number of rotatable bonds is 7. The topological polar surface area (TPSA) is 53.6 Å². The summed E-state index contributed by atoms with van der Waals surface area (Å²) in [6, 6.07) is 16.4. The van der Waals surface area contributed by atoms with Gasteiger partial charge in [0.05, 0.1) is 13.2 Å². The van der Waals surface area contributed by atoms with Crippen LogP contribution in [0.25, 0.3) is 0 Å². The number of methoxy groups -OCH3 is 1. The Labute approximate surface area is 161 Å². The third kappa shape index (κ3) is 5.47. The van der Waals surface area contributed by atoms with Crippen LogP contribution < -0.4 is 15.4 Å². The largest absolute Gasteiger partial charge is 0.497 e. The second-order valence-electron chi connectivity index (χ2n) is 7.08.